The Balaban J connectivity index is 2.93. The van der Waals surface area contributed by atoms with Gasteiger partial charge in [0.1, 0.15) is 5.82 Å². The Hall–Kier alpha value is -1.29. The topological polar surface area (TPSA) is 56.2 Å². The zero-order chi connectivity index (χ0) is 8.72. The van der Waals surface area contributed by atoms with Crippen molar-refractivity contribution in [2.75, 3.05) is 5.73 Å². The van der Waals surface area contributed by atoms with Crippen LogP contribution in [-0.2, 0) is 0 Å². The lowest BCUT2D eigenvalue weighted by atomic mass is 10.4. The number of aryl methyl sites for hydroxylation is 1. The molecular formula is C7H7ClN4. The summed E-state index contributed by atoms with van der Waals surface area (Å²) in [7, 11) is 0. The molecule has 5 heteroatoms. The number of anilines is 1. The molecule has 0 aliphatic heterocycles. The summed E-state index contributed by atoms with van der Waals surface area (Å²) in [4.78, 5) is 0. The predicted molar refractivity (Wildman–Crippen MR) is 47.1 cm³/mol. The lowest BCUT2D eigenvalue weighted by Crippen LogP contribution is -1.94. The maximum Gasteiger partial charge on any atom is 0.185 e. The third-order valence-electron chi connectivity index (χ3n) is 1.73. The van der Waals surface area contributed by atoms with Crippen molar-refractivity contribution in [1.82, 2.24) is 14.6 Å². The van der Waals surface area contributed by atoms with Gasteiger partial charge >= 0.3 is 0 Å². The van der Waals surface area contributed by atoms with Gasteiger partial charge < -0.3 is 5.73 Å². The van der Waals surface area contributed by atoms with Crippen molar-refractivity contribution in [1.29, 1.82) is 0 Å². The second-order valence-corrected chi connectivity index (χ2v) is 2.93. The standard InChI is InChI=1S/C7H7ClN4/c1-4-10-11-7-6(9)5(8)2-3-12(4)7/h2-3H,9H2,1H3. The molecule has 0 atom stereocenters. The van der Waals surface area contributed by atoms with Gasteiger partial charge in [0, 0.05) is 6.20 Å². The Labute approximate surface area is 74.0 Å². The third-order valence-corrected chi connectivity index (χ3v) is 2.06. The summed E-state index contributed by atoms with van der Waals surface area (Å²) in [6.07, 6.45) is 1.80. The molecule has 2 N–H and O–H groups in total. The van der Waals surface area contributed by atoms with Crippen LogP contribution in [0.25, 0.3) is 5.65 Å². The summed E-state index contributed by atoms with van der Waals surface area (Å²) < 4.78 is 1.79. The van der Waals surface area contributed by atoms with Crippen LogP contribution in [0.15, 0.2) is 12.3 Å². The first-order valence-electron chi connectivity index (χ1n) is 3.45. The first kappa shape index (κ1) is 7.36. The van der Waals surface area contributed by atoms with E-state index >= 15 is 0 Å². The minimum atomic E-state index is 0.472. The molecule has 0 aliphatic carbocycles. The van der Waals surface area contributed by atoms with E-state index in [0.29, 0.717) is 16.4 Å². The smallest absolute Gasteiger partial charge is 0.185 e. The van der Waals surface area contributed by atoms with Crippen molar-refractivity contribution in [2.45, 2.75) is 6.92 Å². The number of fused-ring (bicyclic) bond motifs is 1. The first-order valence-corrected chi connectivity index (χ1v) is 3.83. The van der Waals surface area contributed by atoms with E-state index in [-0.39, 0.29) is 0 Å². The van der Waals surface area contributed by atoms with Gasteiger partial charge in [-0.1, -0.05) is 11.6 Å². The number of nitrogen functional groups attached to an aromatic ring is 1. The molecule has 0 amide bonds. The summed E-state index contributed by atoms with van der Waals surface area (Å²) in [5, 5.41) is 8.26. The zero-order valence-electron chi connectivity index (χ0n) is 6.45. The number of pyridine rings is 1. The minimum absolute atomic E-state index is 0.472. The average Bonchev–Trinajstić information content (AvgIpc) is 2.41. The molecule has 0 fully saturated rings. The van der Waals surface area contributed by atoms with Crippen LogP contribution in [0.5, 0.6) is 0 Å². The Morgan fingerprint density at radius 1 is 1.50 bits per heavy atom. The molecule has 2 rings (SSSR count). The fourth-order valence-corrected chi connectivity index (χ4v) is 1.21. The summed E-state index contributed by atoms with van der Waals surface area (Å²) in [6.45, 7) is 1.85. The largest absolute Gasteiger partial charge is 0.394 e. The fourth-order valence-electron chi connectivity index (χ4n) is 1.07. The van der Waals surface area contributed by atoms with E-state index in [1.165, 1.54) is 0 Å². The van der Waals surface area contributed by atoms with E-state index in [0.717, 1.165) is 5.82 Å². The zero-order valence-corrected chi connectivity index (χ0v) is 7.21. The second-order valence-electron chi connectivity index (χ2n) is 2.52. The number of nitrogens with two attached hydrogens (primary N) is 1. The molecule has 0 saturated heterocycles. The number of aromatic nitrogens is 3. The molecule has 0 saturated carbocycles. The van der Waals surface area contributed by atoms with Gasteiger partial charge in [-0.2, -0.15) is 0 Å². The van der Waals surface area contributed by atoms with Gasteiger partial charge in [-0.15, -0.1) is 10.2 Å². The second kappa shape index (κ2) is 2.35. The van der Waals surface area contributed by atoms with E-state index in [2.05, 4.69) is 10.2 Å². The molecule has 2 aromatic heterocycles. The Morgan fingerprint density at radius 2 is 2.25 bits per heavy atom. The van der Waals surface area contributed by atoms with Gasteiger partial charge in [-0.25, -0.2) is 0 Å². The van der Waals surface area contributed by atoms with Crippen LogP contribution in [0, 0.1) is 6.92 Å². The average molecular weight is 183 g/mol. The predicted octanol–water partition coefficient (Wildman–Crippen LogP) is 1.27. The van der Waals surface area contributed by atoms with E-state index < -0.39 is 0 Å². The van der Waals surface area contributed by atoms with Crippen molar-refractivity contribution >= 4 is 22.9 Å². The van der Waals surface area contributed by atoms with Gasteiger partial charge in [0.05, 0.1) is 10.7 Å². The van der Waals surface area contributed by atoms with Gasteiger partial charge in [0.15, 0.2) is 5.65 Å². The Bertz CT molecular complexity index is 434. The molecular weight excluding hydrogens is 176 g/mol. The van der Waals surface area contributed by atoms with Crippen molar-refractivity contribution in [3.63, 3.8) is 0 Å². The molecule has 12 heavy (non-hydrogen) atoms. The monoisotopic (exact) mass is 182 g/mol. The summed E-state index contributed by atoms with van der Waals surface area (Å²) in [5.74, 6) is 0.799. The molecule has 0 bridgehead atoms. The van der Waals surface area contributed by atoms with Crippen LogP contribution in [0.1, 0.15) is 5.82 Å². The minimum Gasteiger partial charge on any atom is -0.394 e. The number of halogens is 1. The number of hydrogen-bond acceptors (Lipinski definition) is 3. The van der Waals surface area contributed by atoms with Gasteiger partial charge in [0.25, 0.3) is 0 Å². The maximum absolute atomic E-state index is 5.79. The number of nitrogens with zero attached hydrogens (tertiary/aromatic N) is 3. The number of rotatable bonds is 0. The SMILES string of the molecule is Cc1nnc2c(N)c(Cl)ccn12. The first-order chi connectivity index (χ1) is 5.70. The molecule has 0 radical (unpaired) electrons. The van der Waals surface area contributed by atoms with Crippen molar-refractivity contribution in [2.24, 2.45) is 0 Å². The molecule has 2 aromatic rings. The summed E-state index contributed by atoms with van der Waals surface area (Å²) >= 11 is 5.79. The van der Waals surface area contributed by atoms with Crippen LogP contribution in [0.3, 0.4) is 0 Å². The summed E-state index contributed by atoms with van der Waals surface area (Å²) in [6, 6.07) is 1.72. The van der Waals surface area contributed by atoms with E-state index in [1.54, 1.807) is 16.7 Å². The van der Waals surface area contributed by atoms with Crippen molar-refractivity contribution in [3.8, 4) is 0 Å². The normalized spacial score (nSPS) is 10.8. The van der Waals surface area contributed by atoms with Crippen LogP contribution < -0.4 is 5.73 Å². The molecule has 2 heterocycles. The summed E-state index contributed by atoms with van der Waals surface area (Å²) in [5.41, 5.74) is 6.76. The molecule has 4 nitrogen and oxygen atoms in total. The Morgan fingerprint density at radius 3 is 3.00 bits per heavy atom. The van der Waals surface area contributed by atoms with Gasteiger partial charge in [-0.3, -0.25) is 4.40 Å². The third kappa shape index (κ3) is 0.848. The highest BCUT2D eigenvalue weighted by Crippen LogP contribution is 2.21. The molecule has 62 valence electrons. The fraction of sp³-hybridized carbons (Fsp3) is 0.143. The van der Waals surface area contributed by atoms with Gasteiger partial charge in [-0.05, 0) is 13.0 Å². The Kier molecular flexibility index (Phi) is 1.44. The highest BCUT2D eigenvalue weighted by Gasteiger charge is 2.06. The van der Waals surface area contributed by atoms with Crippen LogP contribution in [0.4, 0.5) is 5.69 Å². The van der Waals surface area contributed by atoms with E-state index in [9.17, 15) is 0 Å². The van der Waals surface area contributed by atoms with Gasteiger partial charge in [0.2, 0.25) is 0 Å². The lowest BCUT2D eigenvalue weighted by Gasteiger charge is -1.99. The van der Waals surface area contributed by atoms with Crippen LogP contribution in [0.2, 0.25) is 5.02 Å². The molecule has 0 unspecified atom stereocenters. The van der Waals surface area contributed by atoms with E-state index in [4.69, 9.17) is 17.3 Å². The molecule has 0 aromatic carbocycles. The van der Waals surface area contributed by atoms with Crippen molar-refractivity contribution in [3.05, 3.63) is 23.1 Å². The van der Waals surface area contributed by atoms with Crippen molar-refractivity contribution < 1.29 is 0 Å². The van der Waals surface area contributed by atoms with Crippen LogP contribution >= 0.6 is 11.6 Å². The lowest BCUT2D eigenvalue weighted by molar-refractivity contribution is 1.01. The highest BCUT2D eigenvalue weighted by molar-refractivity contribution is 6.33. The molecule has 0 spiro atoms. The highest BCUT2D eigenvalue weighted by atomic mass is 35.5. The maximum atomic E-state index is 5.79. The quantitative estimate of drug-likeness (QED) is 0.668. The van der Waals surface area contributed by atoms with E-state index in [1.807, 2.05) is 6.92 Å². The number of hydrogen-bond donors (Lipinski definition) is 1. The van der Waals surface area contributed by atoms with Crippen LogP contribution in [-0.4, -0.2) is 14.6 Å². The molecule has 0 aliphatic rings.